The molecule has 0 aromatic heterocycles. The first-order valence-electron chi connectivity index (χ1n) is 11.8. The average molecular weight is 485 g/mol. The van der Waals surface area contributed by atoms with Crippen molar-refractivity contribution in [2.24, 2.45) is 0 Å². The standard InChI is InChI=1S/C27H33ClN2O4/c1-5-16-34-22-13-10-20(17-18(22)4)25(31)23-24(19-8-11-21(28)12-9-19)30(27(33)26(23)32)15-14-29(6-2)7-3/h8-13,17,24,31H,5-7,14-16H2,1-4H3/t24-/m0/s1. The van der Waals surface area contributed by atoms with E-state index in [9.17, 15) is 14.7 Å². The zero-order valence-electron chi connectivity index (χ0n) is 20.3. The SMILES string of the molecule is CCCOc1ccc(C(O)=C2C(=O)C(=O)N(CCN(CC)CC)[C@H]2c2ccc(Cl)cc2)cc1C. The topological polar surface area (TPSA) is 70.1 Å². The number of halogens is 1. The van der Waals surface area contributed by atoms with Crippen LogP contribution in [0.2, 0.25) is 5.02 Å². The number of nitrogens with zero attached hydrogens (tertiary/aromatic N) is 2. The highest BCUT2D eigenvalue weighted by molar-refractivity contribution is 6.46. The zero-order chi connectivity index (χ0) is 24.8. The van der Waals surface area contributed by atoms with E-state index < -0.39 is 17.7 Å². The molecular weight excluding hydrogens is 452 g/mol. The number of carbonyl (C=O) groups is 2. The first kappa shape index (κ1) is 25.8. The Morgan fingerprint density at radius 3 is 2.35 bits per heavy atom. The first-order valence-corrected chi connectivity index (χ1v) is 12.2. The molecule has 0 saturated carbocycles. The monoisotopic (exact) mass is 484 g/mol. The number of rotatable bonds is 10. The minimum Gasteiger partial charge on any atom is -0.507 e. The summed E-state index contributed by atoms with van der Waals surface area (Å²) in [5, 5.41) is 11.8. The molecule has 34 heavy (non-hydrogen) atoms. The van der Waals surface area contributed by atoms with Crippen LogP contribution in [0.4, 0.5) is 0 Å². The van der Waals surface area contributed by atoms with Crippen LogP contribution in [-0.4, -0.2) is 59.4 Å². The van der Waals surface area contributed by atoms with Crippen molar-refractivity contribution in [2.45, 2.75) is 40.2 Å². The molecule has 1 N–H and O–H groups in total. The maximum Gasteiger partial charge on any atom is 0.295 e. The molecule has 0 bridgehead atoms. The van der Waals surface area contributed by atoms with Crippen LogP contribution in [0.5, 0.6) is 5.75 Å². The second-order valence-corrected chi connectivity index (χ2v) is 8.84. The predicted octanol–water partition coefficient (Wildman–Crippen LogP) is 5.20. The number of aliphatic hydroxyl groups excluding tert-OH is 1. The summed E-state index contributed by atoms with van der Waals surface area (Å²) in [4.78, 5) is 30.0. The molecule has 1 heterocycles. The maximum absolute atomic E-state index is 13.2. The summed E-state index contributed by atoms with van der Waals surface area (Å²) >= 11 is 6.09. The molecule has 1 fully saturated rings. The average Bonchev–Trinajstić information content (AvgIpc) is 3.09. The van der Waals surface area contributed by atoms with E-state index in [1.165, 1.54) is 0 Å². The van der Waals surface area contributed by atoms with Crippen molar-refractivity contribution in [3.05, 3.63) is 69.8 Å². The van der Waals surface area contributed by atoms with Crippen molar-refractivity contribution < 1.29 is 19.4 Å². The fourth-order valence-corrected chi connectivity index (χ4v) is 4.34. The lowest BCUT2D eigenvalue weighted by Crippen LogP contribution is -2.38. The van der Waals surface area contributed by atoms with Crippen molar-refractivity contribution in [1.82, 2.24) is 9.80 Å². The summed E-state index contributed by atoms with van der Waals surface area (Å²) in [5.41, 5.74) is 2.14. The Labute approximate surface area is 206 Å². The van der Waals surface area contributed by atoms with Crippen molar-refractivity contribution in [1.29, 1.82) is 0 Å². The number of aryl methyl sites for hydroxylation is 1. The van der Waals surface area contributed by atoms with Crippen LogP contribution in [0.1, 0.15) is 49.9 Å². The van der Waals surface area contributed by atoms with Crippen molar-refractivity contribution in [3.8, 4) is 5.75 Å². The number of aliphatic hydroxyl groups is 1. The van der Waals surface area contributed by atoms with E-state index in [2.05, 4.69) is 18.7 Å². The molecule has 6 nitrogen and oxygen atoms in total. The molecule has 0 spiro atoms. The van der Waals surface area contributed by atoms with Crippen molar-refractivity contribution in [2.75, 3.05) is 32.8 Å². The van der Waals surface area contributed by atoms with Crippen LogP contribution >= 0.6 is 11.6 Å². The van der Waals surface area contributed by atoms with Gasteiger partial charge in [0.05, 0.1) is 18.2 Å². The number of hydrogen-bond donors (Lipinski definition) is 1. The van der Waals surface area contributed by atoms with Crippen LogP contribution < -0.4 is 4.74 Å². The Hall–Kier alpha value is -2.83. The number of ketones is 1. The number of amides is 1. The summed E-state index contributed by atoms with van der Waals surface area (Å²) in [6.45, 7) is 11.3. The lowest BCUT2D eigenvalue weighted by atomic mass is 9.95. The lowest BCUT2D eigenvalue weighted by molar-refractivity contribution is -0.140. The molecule has 1 aliphatic heterocycles. The quantitative estimate of drug-likeness (QED) is 0.285. The van der Waals surface area contributed by atoms with Crippen LogP contribution in [0.3, 0.4) is 0 Å². The highest BCUT2D eigenvalue weighted by atomic mass is 35.5. The van der Waals surface area contributed by atoms with Gasteiger partial charge in [-0.3, -0.25) is 9.59 Å². The Bertz CT molecular complexity index is 1060. The lowest BCUT2D eigenvalue weighted by Gasteiger charge is -2.28. The second-order valence-electron chi connectivity index (χ2n) is 8.40. The van der Waals surface area contributed by atoms with E-state index in [0.717, 1.165) is 36.4 Å². The molecule has 1 saturated heterocycles. The number of Topliss-reactive ketones (excluding diaryl/α,β-unsaturated/α-hetero) is 1. The molecule has 0 radical (unpaired) electrons. The van der Waals surface area contributed by atoms with Gasteiger partial charge in [0.25, 0.3) is 11.7 Å². The van der Waals surface area contributed by atoms with Crippen molar-refractivity contribution in [3.63, 3.8) is 0 Å². The molecule has 2 aromatic rings. The van der Waals surface area contributed by atoms with E-state index >= 15 is 0 Å². The number of ether oxygens (including phenoxy) is 1. The largest absolute Gasteiger partial charge is 0.507 e. The number of likely N-dealkylation sites (N-methyl/N-ethyl adjacent to an activating group) is 1. The van der Waals surface area contributed by atoms with Gasteiger partial charge in [-0.2, -0.15) is 0 Å². The van der Waals surface area contributed by atoms with E-state index in [0.29, 0.717) is 30.3 Å². The third kappa shape index (κ3) is 5.45. The number of likely N-dealkylation sites (tertiary alicyclic amines) is 1. The van der Waals surface area contributed by atoms with Crippen LogP contribution in [0, 0.1) is 6.92 Å². The number of carbonyl (C=O) groups excluding carboxylic acids is 2. The molecule has 1 amide bonds. The Morgan fingerprint density at radius 1 is 1.09 bits per heavy atom. The van der Waals surface area contributed by atoms with Gasteiger partial charge in [0, 0.05) is 23.7 Å². The van der Waals surface area contributed by atoms with Gasteiger partial charge in [0.1, 0.15) is 11.5 Å². The van der Waals surface area contributed by atoms with Gasteiger partial charge < -0.3 is 19.6 Å². The number of hydrogen-bond acceptors (Lipinski definition) is 5. The highest BCUT2D eigenvalue weighted by Gasteiger charge is 2.46. The van der Waals surface area contributed by atoms with E-state index in [1.54, 1.807) is 47.4 Å². The van der Waals surface area contributed by atoms with E-state index in [1.807, 2.05) is 13.8 Å². The Morgan fingerprint density at radius 2 is 1.76 bits per heavy atom. The summed E-state index contributed by atoms with van der Waals surface area (Å²) in [5.74, 6) is -0.740. The Kier molecular flexibility index (Phi) is 8.75. The molecule has 1 aliphatic rings. The molecule has 0 unspecified atom stereocenters. The molecular formula is C27H33ClN2O4. The molecule has 0 aliphatic carbocycles. The molecule has 3 rings (SSSR count). The van der Waals surface area contributed by atoms with Crippen LogP contribution in [0.15, 0.2) is 48.0 Å². The fourth-order valence-electron chi connectivity index (χ4n) is 4.22. The van der Waals surface area contributed by atoms with Gasteiger partial charge in [0.15, 0.2) is 0 Å². The second kappa shape index (κ2) is 11.5. The third-order valence-electron chi connectivity index (χ3n) is 6.19. The Balaban J connectivity index is 2.06. The van der Waals surface area contributed by atoms with Gasteiger partial charge in [-0.05, 0) is 67.9 Å². The minimum absolute atomic E-state index is 0.0912. The van der Waals surface area contributed by atoms with Crippen LogP contribution in [0.25, 0.3) is 5.76 Å². The van der Waals surface area contributed by atoms with Gasteiger partial charge in [-0.15, -0.1) is 0 Å². The predicted molar refractivity (Wildman–Crippen MR) is 135 cm³/mol. The third-order valence-corrected chi connectivity index (χ3v) is 6.44. The van der Waals surface area contributed by atoms with Gasteiger partial charge in [0.2, 0.25) is 0 Å². The normalized spacial score (nSPS) is 17.6. The molecule has 182 valence electrons. The van der Waals surface area contributed by atoms with Crippen LogP contribution in [-0.2, 0) is 9.59 Å². The molecule has 7 heteroatoms. The fraction of sp³-hybridized carbons (Fsp3) is 0.407. The highest BCUT2D eigenvalue weighted by Crippen LogP contribution is 2.40. The summed E-state index contributed by atoms with van der Waals surface area (Å²) in [7, 11) is 0. The van der Waals surface area contributed by atoms with E-state index in [-0.39, 0.29) is 11.3 Å². The number of benzene rings is 2. The maximum atomic E-state index is 13.2. The van der Waals surface area contributed by atoms with Crippen molar-refractivity contribution >= 4 is 29.1 Å². The summed E-state index contributed by atoms with van der Waals surface area (Å²) in [6.07, 6.45) is 0.888. The molecule has 1 atom stereocenters. The van der Waals surface area contributed by atoms with Gasteiger partial charge >= 0.3 is 0 Å². The minimum atomic E-state index is -0.691. The smallest absolute Gasteiger partial charge is 0.295 e. The molecule has 2 aromatic carbocycles. The van der Waals surface area contributed by atoms with E-state index in [4.69, 9.17) is 16.3 Å². The summed E-state index contributed by atoms with van der Waals surface area (Å²) in [6, 6.07) is 11.6. The van der Waals surface area contributed by atoms with Gasteiger partial charge in [-0.25, -0.2) is 0 Å². The first-order chi connectivity index (χ1) is 16.3. The van der Waals surface area contributed by atoms with Gasteiger partial charge in [-0.1, -0.05) is 44.5 Å². The summed E-state index contributed by atoms with van der Waals surface area (Å²) < 4.78 is 5.73. The zero-order valence-corrected chi connectivity index (χ0v) is 21.1.